The molecule has 0 aromatic rings. The van der Waals surface area contributed by atoms with Crippen molar-refractivity contribution in [1.29, 1.82) is 0 Å². The molecule has 5 heteroatoms. The molecule has 1 unspecified atom stereocenters. The van der Waals surface area contributed by atoms with Crippen LogP contribution in [-0.2, 0) is 4.79 Å². The first-order valence-electron chi connectivity index (χ1n) is 7.48. The lowest BCUT2D eigenvalue weighted by molar-refractivity contribution is -0.143. The van der Waals surface area contributed by atoms with Gasteiger partial charge < -0.3 is 20.6 Å². The molecule has 0 spiro atoms. The Morgan fingerprint density at radius 3 is 2.32 bits per heavy atom. The molecule has 2 aliphatic heterocycles. The molecule has 0 aliphatic carbocycles. The summed E-state index contributed by atoms with van der Waals surface area (Å²) in [6.07, 6.45) is 6.34. The zero-order chi connectivity index (χ0) is 13.9. The van der Waals surface area contributed by atoms with Gasteiger partial charge in [-0.3, -0.25) is 4.79 Å². The van der Waals surface area contributed by atoms with Crippen LogP contribution in [0.25, 0.3) is 0 Å². The maximum Gasteiger partial charge on any atom is 0.324 e. The van der Waals surface area contributed by atoms with Crippen LogP contribution < -0.4 is 5.73 Å². The van der Waals surface area contributed by atoms with Crippen LogP contribution in [0.3, 0.4) is 0 Å². The Bertz CT molecular complexity index is 306. The second-order valence-corrected chi connectivity index (χ2v) is 6.33. The number of aliphatic carboxylic acids is 1. The number of nitrogens with two attached hydrogens (primary N) is 1. The molecule has 2 aliphatic rings. The van der Waals surface area contributed by atoms with Gasteiger partial charge in [0.15, 0.2) is 0 Å². The lowest BCUT2D eigenvalue weighted by Crippen LogP contribution is -2.56. The van der Waals surface area contributed by atoms with Gasteiger partial charge in [0.05, 0.1) is 0 Å². The molecule has 0 bridgehead atoms. The average molecular weight is 269 g/mol. The largest absolute Gasteiger partial charge is 0.480 e. The van der Waals surface area contributed by atoms with E-state index in [-0.39, 0.29) is 0 Å². The Balaban J connectivity index is 1.77. The molecule has 0 radical (unpaired) electrons. The summed E-state index contributed by atoms with van der Waals surface area (Å²) in [7, 11) is 0. The number of carbonyl (C=O) groups is 1. The number of hydrogen-bond donors (Lipinski definition) is 2. The van der Waals surface area contributed by atoms with Crippen molar-refractivity contribution in [2.75, 3.05) is 32.7 Å². The molecular formula is C14H27N3O2. The Hall–Kier alpha value is -0.650. The van der Waals surface area contributed by atoms with Gasteiger partial charge in [-0.1, -0.05) is 6.42 Å². The molecule has 2 heterocycles. The Labute approximate surface area is 115 Å². The molecule has 0 saturated carbocycles. The van der Waals surface area contributed by atoms with E-state index in [2.05, 4.69) is 9.80 Å². The SMILES string of the molecule is CC(N)(CN1CCC(N2CCCCC2)CC1)C(=O)O. The molecule has 19 heavy (non-hydrogen) atoms. The van der Waals surface area contributed by atoms with E-state index < -0.39 is 11.5 Å². The quantitative estimate of drug-likeness (QED) is 0.788. The molecule has 2 rings (SSSR count). The first kappa shape index (κ1) is 14.8. The van der Waals surface area contributed by atoms with E-state index in [1.54, 1.807) is 6.92 Å². The summed E-state index contributed by atoms with van der Waals surface area (Å²) in [6, 6.07) is 0.699. The second-order valence-electron chi connectivity index (χ2n) is 6.33. The van der Waals surface area contributed by atoms with Gasteiger partial charge in [-0.2, -0.15) is 0 Å². The summed E-state index contributed by atoms with van der Waals surface area (Å²) in [6.45, 7) is 6.49. The number of rotatable bonds is 4. The van der Waals surface area contributed by atoms with Crippen molar-refractivity contribution in [2.45, 2.75) is 50.6 Å². The van der Waals surface area contributed by atoms with Gasteiger partial charge in [-0.25, -0.2) is 0 Å². The maximum absolute atomic E-state index is 11.0. The van der Waals surface area contributed by atoms with E-state index in [0.29, 0.717) is 12.6 Å². The van der Waals surface area contributed by atoms with Crippen molar-refractivity contribution < 1.29 is 9.90 Å². The second kappa shape index (κ2) is 6.20. The minimum atomic E-state index is -1.13. The Morgan fingerprint density at radius 1 is 1.21 bits per heavy atom. The molecule has 3 N–H and O–H groups in total. The minimum absolute atomic E-state index is 0.453. The van der Waals surface area contributed by atoms with Gasteiger partial charge in [0, 0.05) is 12.6 Å². The van der Waals surface area contributed by atoms with Crippen LogP contribution >= 0.6 is 0 Å². The predicted molar refractivity (Wildman–Crippen MR) is 75.1 cm³/mol. The molecule has 0 aromatic carbocycles. The standard InChI is InChI=1S/C14H27N3O2/c1-14(15,13(18)19)11-16-9-5-12(6-10-16)17-7-3-2-4-8-17/h12H,2-11,15H2,1H3,(H,18,19). The maximum atomic E-state index is 11.0. The van der Waals surface area contributed by atoms with Gasteiger partial charge in [0.1, 0.15) is 5.54 Å². The van der Waals surface area contributed by atoms with E-state index in [1.165, 1.54) is 32.4 Å². The fourth-order valence-electron chi connectivity index (χ4n) is 3.26. The zero-order valence-electron chi connectivity index (χ0n) is 12.0. The molecular weight excluding hydrogens is 242 g/mol. The van der Waals surface area contributed by atoms with E-state index >= 15 is 0 Å². The smallest absolute Gasteiger partial charge is 0.324 e. The summed E-state index contributed by atoms with van der Waals surface area (Å²) in [5.74, 6) is -0.911. The number of likely N-dealkylation sites (tertiary alicyclic amines) is 2. The average Bonchev–Trinajstić information content (AvgIpc) is 2.40. The first-order chi connectivity index (χ1) is 8.99. The number of carboxylic acid groups (broad SMARTS) is 1. The van der Waals surface area contributed by atoms with Crippen molar-refractivity contribution in [3.05, 3.63) is 0 Å². The normalized spacial score (nSPS) is 27.1. The third kappa shape index (κ3) is 3.91. The van der Waals surface area contributed by atoms with E-state index in [4.69, 9.17) is 10.8 Å². The Morgan fingerprint density at radius 2 is 1.79 bits per heavy atom. The molecule has 1 atom stereocenters. The fraction of sp³-hybridized carbons (Fsp3) is 0.929. The highest BCUT2D eigenvalue weighted by molar-refractivity contribution is 5.78. The molecule has 110 valence electrons. The van der Waals surface area contributed by atoms with Crippen LogP contribution in [0.5, 0.6) is 0 Å². The van der Waals surface area contributed by atoms with Crippen molar-refractivity contribution in [3.8, 4) is 0 Å². The summed E-state index contributed by atoms with van der Waals surface area (Å²) in [4.78, 5) is 15.9. The molecule has 0 amide bonds. The summed E-state index contributed by atoms with van der Waals surface area (Å²) >= 11 is 0. The van der Waals surface area contributed by atoms with Gasteiger partial charge in [0.25, 0.3) is 0 Å². The van der Waals surface area contributed by atoms with Crippen LogP contribution in [0, 0.1) is 0 Å². The lowest BCUT2D eigenvalue weighted by Gasteiger charge is -2.41. The predicted octanol–water partition coefficient (Wildman–Crippen LogP) is 0.739. The van der Waals surface area contributed by atoms with Crippen LogP contribution in [-0.4, -0.2) is 65.2 Å². The number of carboxylic acids is 1. The summed E-state index contributed by atoms with van der Waals surface area (Å²) < 4.78 is 0. The van der Waals surface area contributed by atoms with E-state index in [1.807, 2.05) is 0 Å². The van der Waals surface area contributed by atoms with Crippen LogP contribution in [0.1, 0.15) is 39.0 Å². The highest BCUT2D eigenvalue weighted by Crippen LogP contribution is 2.21. The first-order valence-corrected chi connectivity index (χ1v) is 7.48. The Kier molecular flexibility index (Phi) is 4.81. The van der Waals surface area contributed by atoms with Crippen molar-refractivity contribution in [3.63, 3.8) is 0 Å². The third-order valence-corrected chi connectivity index (χ3v) is 4.50. The van der Waals surface area contributed by atoms with Gasteiger partial charge in [0.2, 0.25) is 0 Å². The zero-order valence-corrected chi connectivity index (χ0v) is 12.0. The molecule has 2 saturated heterocycles. The van der Waals surface area contributed by atoms with Gasteiger partial charge >= 0.3 is 5.97 Å². The summed E-state index contributed by atoms with van der Waals surface area (Å²) in [5.41, 5.74) is 4.69. The fourth-order valence-corrected chi connectivity index (χ4v) is 3.26. The number of nitrogens with zero attached hydrogens (tertiary/aromatic N) is 2. The van der Waals surface area contributed by atoms with Crippen LogP contribution in [0.4, 0.5) is 0 Å². The molecule has 5 nitrogen and oxygen atoms in total. The van der Waals surface area contributed by atoms with Crippen LogP contribution in [0.2, 0.25) is 0 Å². The summed E-state index contributed by atoms with van der Waals surface area (Å²) in [5, 5.41) is 9.07. The monoisotopic (exact) mass is 269 g/mol. The van der Waals surface area contributed by atoms with Gasteiger partial charge in [-0.05, 0) is 58.8 Å². The third-order valence-electron chi connectivity index (χ3n) is 4.50. The highest BCUT2D eigenvalue weighted by Gasteiger charge is 2.33. The topological polar surface area (TPSA) is 69.8 Å². The van der Waals surface area contributed by atoms with Crippen molar-refractivity contribution in [1.82, 2.24) is 9.80 Å². The lowest BCUT2D eigenvalue weighted by atomic mass is 9.97. The number of piperidine rings is 2. The number of hydrogen-bond acceptors (Lipinski definition) is 4. The van der Waals surface area contributed by atoms with Crippen molar-refractivity contribution >= 4 is 5.97 Å². The molecule has 0 aromatic heterocycles. The van der Waals surface area contributed by atoms with E-state index in [9.17, 15) is 4.79 Å². The molecule has 2 fully saturated rings. The van der Waals surface area contributed by atoms with E-state index in [0.717, 1.165) is 25.9 Å². The van der Waals surface area contributed by atoms with Crippen LogP contribution in [0.15, 0.2) is 0 Å². The van der Waals surface area contributed by atoms with Crippen molar-refractivity contribution in [2.24, 2.45) is 5.73 Å². The highest BCUT2D eigenvalue weighted by atomic mass is 16.4. The minimum Gasteiger partial charge on any atom is -0.480 e. The van der Waals surface area contributed by atoms with Gasteiger partial charge in [-0.15, -0.1) is 0 Å².